The van der Waals surface area contributed by atoms with Gasteiger partial charge >= 0.3 is 0 Å². The van der Waals surface area contributed by atoms with Crippen LogP contribution in [0.15, 0.2) is 11.9 Å². The first kappa shape index (κ1) is 8.36. The van der Waals surface area contributed by atoms with Crippen LogP contribution >= 0.6 is 0 Å². The van der Waals surface area contributed by atoms with Crippen molar-refractivity contribution in [2.24, 2.45) is 11.6 Å². The third-order valence-electron chi connectivity index (χ3n) is 1.96. The van der Waals surface area contributed by atoms with E-state index >= 15 is 0 Å². The van der Waals surface area contributed by atoms with E-state index in [4.69, 9.17) is 11.6 Å². The van der Waals surface area contributed by atoms with E-state index in [9.17, 15) is 0 Å². The highest BCUT2D eigenvalue weighted by atomic mass is 15.2. The number of piperidine rings is 1. The van der Waals surface area contributed by atoms with Crippen molar-refractivity contribution >= 4 is 0 Å². The first-order chi connectivity index (χ1) is 5.34. The Morgan fingerprint density at radius 2 is 2.36 bits per heavy atom. The summed E-state index contributed by atoms with van der Waals surface area (Å²) in [5.74, 6) is 5.10. The van der Waals surface area contributed by atoms with Crippen molar-refractivity contribution in [3.8, 4) is 0 Å². The average Bonchev–Trinajstić information content (AvgIpc) is 2.07. The van der Waals surface area contributed by atoms with Gasteiger partial charge < -0.3 is 16.5 Å². The van der Waals surface area contributed by atoms with Gasteiger partial charge in [-0.25, -0.2) is 0 Å². The van der Waals surface area contributed by atoms with Gasteiger partial charge in [0, 0.05) is 17.9 Å². The van der Waals surface area contributed by atoms with Crippen molar-refractivity contribution in [2.75, 3.05) is 6.54 Å². The van der Waals surface area contributed by atoms with Gasteiger partial charge in [0.25, 0.3) is 0 Å². The maximum atomic E-state index is 5.72. The zero-order valence-corrected chi connectivity index (χ0v) is 6.64. The molecule has 0 spiro atoms. The molecule has 0 amide bonds. The summed E-state index contributed by atoms with van der Waals surface area (Å²) >= 11 is 0. The molecular weight excluding hydrogens is 140 g/mol. The van der Waals surface area contributed by atoms with Crippen LogP contribution in [0, 0.1) is 0 Å². The predicted octanol–water partition coefficient (Wildman–Crippen LogP) is -0.608. The van der Waals surface area contributed by atoms with Gasteiger partial charge in [-0.2, -0.15) is 0 Å². The van der Waals surface area contributed by atoms with Crippen molar-refractivity contribution in [2.45, 2.75) is 25.3 Å². The Morgan fingerprint density at radius 3 is 2.91 bits per heavy atom. The van der Waals surface area contributed by atoms with E-state index in [2.05, 4.69) is 10.7 Å². The lowest BCUT2D eigenvalue weighted by Gasteiger charge is -2.23. The molecule has 0 aromatic carbocycles. The Kier molecular flexibility index (Phi) is 3.19. The van der Waals surface area contributed by atoms with Crippen molar-refractivity contribution < 1.29 is 0 Å². The number of rotatable bonds is 2. The fourth-order valence-corrected chi connectivity index (χ4v) is 1.33. The third kappa shape index (κ3) is 2.40. The predicted molar refractivity (Wildman–Crippen MR) is 45.2 cm³/mol. The zero-order chi connectivity index (χ0) is 8.10. The molecule has 11 heavy (non-hydrogen) atoms. The summed E-state index contributed by atoms with van der Waals surface area (Å²) < 4.78 is 0. The van der Waals surface area contributed by atoms with Crippen LogP contribution in [-0.2, 0) is 0 Å². The monoisotopic (exact) mass is 156 g/mol. The molecule has 1 fully saturated rings. The molecule has 64 valence electrons. The minimum Gasteiger partial charge on any atom is -0.400 e. The molecule has 0 radical (unpaired) electrons. The Balaban J connectivity index is 2.38. The molecular formula is C7H16N4. The van der Waals surface area contributed by atoms with Crippen molar-refractivity contribution in [1.82, 2.24) is 10.7 Å². The molecule has 0 bridgehead atoms. The van der Waals surface area contributed by atoms with Crippen molar-refractivity contribution in [3.63, 3.8) is 0 Å². The van der Waals surface area contributed by atoms with Gasteiger partial charge in [-0.15, -0.1) is 0 Å². The SMILES string of the molecule is NN/C=C(\N)C1CCCCN1. The topological polar surface area (TPSA) is 76.1 Å². The van der Waals surface area contributed by atoms with Crippen LogP contribution < -0.4 is 22.3 Å². The van der Waals surface area contributed by atoms with Crippen molar-refractivity contribution in [3.05, 3.63) is 11.9 Å². The van der Waals surface area contributed by atoms with Crippen LogP contribution in [0.1, 0.15) is 19.3 Å². The second kappa shape index (κ2) is 4.20. The summed E-state index contributed by atoms with van der Waals surface area (Å²) in [5.41, 5.74) is 8.95. The summed E-state index contributed by atoms with van der Waals surface area (Å²) in [6.07, 6.45) is 5.25. The standard InChI is InChI=1S/C7H16N4/c8-6(5-11-9)7-3-1-2-4-10-7/h5,7,10-11H,1-4,8-9H2/b6-5-. The van der Waals surface area contributed by atoms with Gasteiger partial charge in [0.05, 0.1) is 0 Å². The largest absolute Gasteiger partial charge is 0.400 e. The quantitative estimate of drug-likeness (QED) is 0.318. The maximum Gasteiger partial charge on any atom is 0.0482 e. The third-order valence-corrected chi connectivity index (χ3v) is 1.96. The number of nitrogens with one attached hydrogen (secondary N) is 2. The van der Waals surface area contributed by atoms with Gasteiger partial charge in [0.15, 0.2) is 0 Å². The normalized spacial score (nSPS) is 26.6. The van der Waals surface area contributed by atoms with Crippen molar-refractivity contribution in [1.29, 1.82) is 0 Å². The fraction of sp³-hybridized carbons (Fsp3) is 0.714. The Labute approximate surface area is 67.0 Å². The van der Waals surface area contributed by atoms with Gasteiger partial charge in [0.1, 0.15) is 0 Å². The van der Waals surface area contributed by atoms with E-state index in [0.29, 0.717) is 6.04 Å². The number of hydrogen-bond donors (Lipinski definition) is 4. The fourth-order valence-electron chi connectivity index (χ4n) is 1.33. The Hall–Kier alpha value is -0.740. The van der Waals surface area contributed by atoms with Gasteiger partial charge in [0.2, 0.25) is 0 Å². The smallest absolute Gasteiger partial charge is 0.0482 e. The summed E-state index contributed by atoms with van der Waals surface area (Å²) in [6, 6.07) is 0.319. The minimum atomic E-state index is 0.319. The van der Waals surface area contributed by atoms with Crippen LogP contribution in [0.2, 0.25) is 0 Å². The highest BCUT2D eigenvalue weighted by molar-refractivity contribution is 5.05. The zero-order valence-electron chi connectivity index (χ0n) is 6.64. The van der Waals surface area contributed by atoms with Crippen LogP contribution in [0.5, 0.6) is 0 Å². The van der Waals surface area contributed by atoms with Crippen LogP contribution in [0.3, 0.4) is 0 Å². The number of hydrazine groups is 1. The molecule has 1 rings (SSSR count). The van der Waals surface area contributed by atoms with E-state index in [-0.39, 0.29) is 0 Å². The number of hydrogen-bond acceptors (Lipinski definition) is 4. The van der Waals surface area contributed by atoms with Gasteiger partial charge in [-0.05, 0) is 19.4 Å². The van der Waals surface area contributed by atoms with E-state index < -0.39 is 0 Å². The molecule has 1 aliphatic rings. The van der Waals surface area contributed by atoms with Crippen LogP contribution in [0.25, 0.3) is 0 Å². The van der Waals surface area contributed by atoms with E-state index in [1.807, 2.05) is 0 Å². The molecule has 0 aromatic rings. The maximum absolute atomic E-state index is 5.72. The van der Waals surface area contributed by atoms with Crippen LogP contribution in [0.4, 0.5) is 0 Å². The van der Waals surface area contributed by atoms with E-state index in [0.717, 1.165) is 18.7 Å². The lowest BCUT2D eigenvalue weighted by atomic mass is 10.0. The molecule has 0 saturated carbocycles. The average molecular weight is 156 g/mol. The second-order valence-electron chi connectivity index (χ2n) is 2.81. The summed E-state index contributed by atoms with van der Waals surface area (Å²) in [6.45, 7) is 1.06. The molecule has 1 saturated heterocycles. The van der Waals surface area contributed by atoms with Crippen LogP contribution in [-0.4, -0.2) is 12.6 Å². The first-order valence-electron chi connectivity index (χ1n) is 3.99. The molecule has 0 aliphatic carbocycles. The molecule has 1 atom stereocenters. The summed E-state index contributed by atoms with van der Waals surface area (Å²) in [7, 11) is 0. The summed E-state index contributed by atoms with van der Waals surface area (Å²) in [5, 5.41) is 3.31. The highest BCUT2D eigenvalue weighted by Gasteiger charge is 2.13. The van der Waals surface area contributed by atoms with E-state index in [1.165, 1.54) is 12.8 Å². The van der Waals surface area contributed by atoms with Gasteiger partial charge in [-0.1, -0.05) is 6.42 Å². The Morgan fingerprint density at radius 1 is 1.55 bits per heavy atom. The molecule has 4 nitrogen and oxygen atoms in total. The molecule has 1 aliphatic heterocycles. The van der Waals surface area contributed by atoms with Gasteiger partial charge in [-0.3, -0.25) is 5.84 Å². The molecule has 1 unspecified atom stereocenters. The first-order valence-corrected chi connectivity index (χ1v) is 3.99. The highest BCUT2D eigenvalue weighted by Crippen LogP contribution is 2.10. The Bertz CT molecular complexity index is 137. The number of nitrogens with two attached hydrogens (primary N) is 2. The lowest BCUT2D eigenvalue weighted by molar-refractivity contribution is 0.436. The second-order valence-corrected chi connectivity index (χ2v) is 2.81. The lowest BCUT2D eigenvalue weighted by Crippen LogP contribution is -2.39. The minimum absolute atomic E-state index is 0.319. The molecule has 1 heterocycles. The summed E-state index contributed by atoms with van der Waals surface area (Å²) in [4.78, 5) is 0. The van der Waals surface area contributed by atoms with E-state index in [1.54, 1.807) is 6.20 Å². The molecule has 0 aromatic heterocycles. The molecule has 6 N–H and O–H groups in total. The molecule has 4 heteroatoms.